The maximum Gasteiger partial charge on any atom is 0.227 e. The van der Waals surface area contributed by atoms with E-state index >= 15 is 0 Å². The number of aryl methyl sites for hydroxylation is 1. The number of carbonyl (C=O) groups excluding carboxylic acids is 1. The number of fused-ring (bicyclic) bond motifs is 1. The number of nitrogens with zero attached hydrogens (tertiary/aromatic N) is 4. The van der Waals surface area contributed by atoms with Crippen LogP contribution in [0.5, 0.6) is 0 Å². The largest absolute Gasteiger partial charge is 0.356 e. The number of benzene rings is 1. The van der Waals surface area contributed by atoms with Gasteiger partial charge in [-0.1, -0.05) is 18.2 Å². The quantitative estimate of drug-likeness (QED) is 0.472. The third kappa shape index (κ3) is 4.86. The van der Waals surface area contributed by atoms with Gasteiger partial charge in [0.1, 0.15) is 0 Å². The van der Waals surface area contributed by atoms with Crippen molar-refractivity contribution in [1.29, 1.82) is 0 Å². The fourth-order valence-corrected chi connectivity index (χ4v) is 3.96. The summed E-state index contributed by atoms with van der Waals surface area (Å²) in [5, 5.41) is 6.49. The van der Waals surface area contributed by atoms with E-state index in [9.17, 15) is 4.79 Å². The van der Waals surface area contributed by atoms with Gasteiger partial charge in [0.25, 0.3) is 0 Å². The standard InChI is InChI=1S/C20H27N5OS/c1-15-23-17(14-27-15)13-24(3)20(21-2)22-11-6-9-19(26)25-12-10-16-7-4-5-8-18(16)25/h4-5,7-8,14H,6,9-13H2,1-3H3,(H,21,22). The van der Waals surface area contributed by atoms with Crippen molar-refractivity contribution in [2.24, 2.45) is 4.99 Å². The van der Waals surface area contributed by atoms with E-state index in [2.05, 4.69) is 26.7 Å². The van der Waals surface area contributed by atoms with E-state index < -0.39 is 0 Å². The first-order valence-electron chi connectivity index (χ1n) is 9.29. The summed E-state index contributed by atoms with van der Waals surface area (Å²) < 4.78 is 0. The number of nitrogens with one attached hydrogen (secondary N) is 1. The number of anilines is 1. The molecule has 1 aliphatic heterocycles. The molecule has 6 nitrogen and oxygen atoms in total. The van der Waals surface area contributed by atoms with E-state index in [-0.39, 0.29) is 5.91 Å². The number of thiazole rings is 1. The van der Waals surface area contributed by atoms with Crippen LogP contribution < -0.4 is 10.2 Å². The van der Waals surface area contributed by atoms with E-state index in [1.807, 2.05) is 42.0 Å². The molecule has 1 N–H and O–H groups in total. The molecule has 0 aliphatic carbocycles. The first kappa shape index (κ1) is 19.4. The lowest BCUT2D eigenvalue weighted by Gasteiger charge is -2.21. The highest BCUT2D eigenvalue weighted by molar-refractivity contribution is 7.09. The number of amides is 1. The van der Waals surface area contributed by atoms with Crippen molar-refractivity contribution in [1.82, 2.24) is 15.2 Å². The second-order valence-electron chi connectivity index (χ2n) is 6.72. The average molecular weight is 386 g/mol. The SMILES string of the molecule is CN=C(NCCCC(=O)N1CCc2ccccc21)N(C)Cc1csc(C)n1. The van der Waals surface area contributed by atoms with Crippen LogP contribution in [-0.4, -0.2) is 48.9 Å². The van der Waals surface area contributed by atoms with E-state index in [1.165, 1.54) is 5.56 Å². The molecule has 27 heavy (non-hydrogen) atoms. The molecule has 0 spiro atoms. The molecule has 0 bridgehead atoms. The molecule has 1 aliphatic rings. The Morgan fingerprint density at radius 3 is 2.96 bits per heavy atom. The van der Waals surface area contributed by atoms with Crippen LogP contribution in [0, 0.1) is 6.92 Å². The molecule has 0 radical (unpaired) electrons. The van der Waals surface area contributed by atoms with Crippen LogP contribution in [-0.2, 0) is 17.8 Å². The average Bonchev–Trinajstić information content (AvgIpc) is 3.27. The molecule has 0 saturated carbocycles. The molecule has 0 saturated heterocycles. The lowest BCUT2D eigenvalue weighted by Crippen LogP contribution is -2.39. The summed E-state index contributed by atoms with van der Waals surface area (Å²) in [5.41, 5.74) is 3.39. The normalized spacial score (nSPS) is 13.6. The summed E-state index contributed by atoms with van der Waals surface area (Å²) >= 11 is 1.66. The Kier molecular flexibility index (Phi) is 6.45. The minimum atomic E-state index is 0.197. The minimum absolute atomic E-state index is 0.197. The molecule has 0 unspecified atom stereocenters. The summed E-state index contributed by atoms with van der Waals surface area (Å²) in [6.07, 6.45) is 2.27. The molecule has 0 fully saturated rings. The van der Waals surface area contributed by atoms with Crippen LogP contribution in [0.25, 0.3) is 0 Å². The van der Waals surface area contributed by atoms with Crippen molar-refractivity contribution in [2.45, 2.75) is 32.7 Å². The third-order valence-electron chi connectivity index (χ3n) is 4.68. The number of rotatable bonds is 6. The van der Waals surface area contributed by atoms with E-state index in [0.29, 0.717) is 19.5 Å². The first-order chi connectivity index (χ1) is 13.1. The van der Waals surface area contributed by atoms with Crippen molar-refractivity contribution < 1.29 is 4.79 Å². The summed E-state index contributed by atoms with van der Waals surface area (Å²) in [5.74, 6) is 1.02. The predicted molar refractivity (Wildman–Crippen MR) is 111 cm³/mol. The Labute approximate surface area is 164 Å². The Hall–Kier alpha value is -2.41. The number of guanidine groups is 1. The van der Waals surface area contributed by atoms with Crippen LogP contribution >= 0.6 is 11.3 Å². The zero-order chi connectivity index (χ0) is 19.2. The molecule has 7 heteroatoms. The zero-order valence-corrected chi connectivity index (χ0v) is 17.1. The molecular weight excluding hydrogens is 358 g/mol. The Morgan fingerprint density at radius 1 is 1.41 bits per heavy atom. The first-order valence-corrected chi connectivity index (χ1v) is 10.2. The minimum Gasteiger partial charge on any atom is -0.356 e. The third-order valence-corrected chi connectivity index (χ3v) is 5.50. The van der Waals surface area contributed by atoms with Gasteiger partial charge in [-0.05, 0) is 31.4 Å². The van der Waals surface area contributed by atoms with Crippen molar-refractivity contribution in [3.63, 3.8) is 0 Å². The van der Waals surface area contributed by atoms with Crippen LogP contribution in [0.15, 0.2) is 34.6 Å². The fourth-order valence-electron chi connectivity index (χ4n) is 3.36. The van der Waals surface area contributed by atoms with Crippen molar-refractivity contribution >= 4 is 28.9 Å². The lowest BCUT2D eigenvalue weighted by molar-refractivity contribution is -0.118. The topological polar surface area (TPSA) is 60.8 Å². The Balaban J connectivity index is 1.43. The van der Waals surface area contributed by atoms with E-state index in [0.717, 1.165) is 41.7 Å². The zero-order valence-electron chi connectivity index (χ0n) is 16.2. The Bertz CT molecular complexity index is 816. The highest BCUT2D eigenvalue weighted by Gasteiger charge is 2.23. The molecular formula is C20H27N5OS. The number of aromatic nitrogens is 1. The number of aliphatic imine (C=N–C) groups is 1. The van der Waals surface area contributed by atoms with Gasteiger partial charge in [0.15, 0.2) is 5.96 Å². The number of hydrogen-bond donors (Lipinski definition) is 1. The van der Waals surface area contributed by atoms with Gasteiger partial charge < -0.3 is 15.1 Å². The molecule has 1 aromatic heterocycles. The maximum atomic E-state index is 12.6. The van der Waals surface area contributed by atoms with Gasteiger partial charge in [-0.3, -0.25) is 9.79 Å². The van der Waals surface area contributed by atoms with Gasteiger partial charge in [0.05, 0.1) is 17.2 Å². The monoisotopic (exact) mass is 385 g/mol. The lowest BCUT2D eigenvalue weighted by atomic mass is 10.2. The second kappa shape index (κ2) is 8.99. The van der Waals surface area contributed by atoms with Gasteiger partial charge >= 0.3 is 0 Å². The van der Waals surface area contributed by atoms with Gasteiger partial charge in [0.2, 0.25) is 5.91 Å². The number of para-hydroxylation sites is 1. The van der Waals surface area contributed by atoms with Crippen molar-refractivity contribution in [3.05, 3.63) is 45.9 Å². The van der Waals surface area contributed by atoms with Gasteiger partial charge in [0, 0.05) is 44.7 Å². The maximum absolute atomic E-state index is 12.6. The van der Waals surface area contributed by atoms with E-state index in [4.69, 9.17) is 0 Å². The van der Waals surface area contributed by atoms with Gasteiger partial charge in [-0.25, -0.2) is 4.98 Å². The van der Waals surface area contributed by atoms with Crippen LogP contribution in [0.1, 0.15) is 29.1 Å². The molecule has 1 amide bonds. The van der Waals surface area contributed by atoms with Gasteiger partial charge in [-0.2, -0.15) is 0 Å². The van der Waals surface area contributed by atoms with Crippen molar-refractivity contribution in [3.8, 4) is 0 Å². The molecule has 2 heterocycles. The highest BCUT2D eigenvalue weighted by Crippen LogP contribution is 2.27. The van der Waals surface area contributed by atoms with Crippen LogP contribution in [0.4, 0.5) is 5.69 Å². The predicted octanol–water partition coefficient (Wildman–Crippen LogP) is 2.83. The van der Waals surface area contributed by atoms with Gasteiger partial charge in [-0.15, -0.1) is 11.3 Å². The molecule has 1 aromatic carbocycles. The smallest absolute Gasteiger partial charge is 0.227 e. The van der Waals surface area contributed by atoms with Crippen molar-refractivity contribution in [2.75, 3.05) is 32.1 Å². The summed E-state index contributed by atoms with van der Waals surface area (Å²) in [6, 6.07) is 8.17. The Morgan fingerprint density at radius 2 is 2.22 bits per heavy atom. The number of carbonyl (C=O) groups is 1. The molecule has 3 rings (SSSR count). The highest BCUT2D eigenvalue weighted by atomic mass is 32.1. The number of hydrogen-bond acceptors (Lipinski definition) is 4. The fraction of sp³-hybridized carbons (Fsp3) is 0.450. The van der Waals surface area contributed by atoms with Crippen LogP contribution in [0.3, 0.4) is 0 Å². The molecule has 2 aromatic rings. The summed E-state index contributed by atoms with van der Waals surface area (Å²) in [7, 11) is 3.77. The summed E-state index contributed by atoms with van der Waals surface area (Å²) in [6.45, 7) is 4.24. The molecule has 0 atom stereocenters. The molecule has 144 valence electrons. The van der Waals surface area contributed by atoms with E-state index in [1.54, 1.807) is 18.4 Å². The van der Waals surface area contributed by atoms with Crippen LogP contribution in [0.2, 0.25) is 0 Å². The summed E-state index contributed by atoms with van der Waals surface area (Å²) in [4.78, 5) is 25.3. The second-order valence-corrected chi connectivity index (χ2v) is 7.78.